The second kappa shape index (κ2) is 4.40. The highest BCUT2D eigenvalue weighted by Gasteiger charge is 2.47. The molecule has 0 aromatic heterocycles. The maximum atomic E-state index is 6.20. The minimum Gasteiger partial charge on any atom is -0.373 e. The van der Waals surface area contributed by atoms with E-state index in [1.54, 1.807) is 7.11 Å². The van der Waals surface area contributed by atoms with Crippen LogP contribution in [-0.4, -0.2) is 25.5 Å². The van der Waals surface area contributed by atoms with Gasteiger partial charge in [0, 0.05) is 13.0 Å². The molecule has 3 nitrogen and oxygen atoms in total. The molecule has 0 aromatic rings. The Morgan fingerprint density at radius 1 is 1.54 bits per heavy atom. The number of hydrogen-bond acceptors (Lipinski definition) is 3. The summed E-state index contributed by atoms with van der Waals surface area (Å²) < 4.78 is 11.0. The van der Waals surface area contributed by atoms with Gasteiger partial charge in [-0.15, -0.1) is 0 Å². The molecule has 3 atom stereocenters. The van der Waals surface area contributed by atoms with Crippen LogP contribution in [0.2, 0.25) is 0 Å². The first kappa shape index (κ1) is 11.0. The molecule has 0 bridgehead atoms. The van der Waals surface area contributed by atoms with Gasteiger partial charge in [0.1, 0.15) is 5.72 Å². The lowest BCUT2D eigenvalue weighted by Crippen LogP contribution is -2.53. The number of methoxy groups -OCH3 is 1. The number of ether oxygens (including phenoxy) is 2. The molecule has 0 aromatic carbocycles. The zero-order valence-corrected chi connectivity index (χ0v) is 8.88. The van der Waals surface area contributed by atoms with Crippen LogP contribution in [0.4, 0.5) is 0 Å². The zero-order valence-electron chi connectivity index (χ0n) is 8.88. The zero-order chi connectivity index (χ0) is 9.90. The lowest BCUT2D eigenvalue weighted by molar-refractivity contribution is -0.0818. The second-order valence-corrected chi connectivity index (χ2v) is 3.77. The Labute approximate surface area is 80.6 Å². The quantitative estimate of drug-likeness (QED) is 0.678. The number of nitrogens with two attached hydrogens (primary N) is 1. The Morgan fingerprint density at radius 3 is 2.69 bits per heavy atom. The fourth-order valence-electron chi connectivity index (χ4n) is 2.15. The van der Waals surface area contributed by atoms with Gasteiger partial charge in [0.05, 0.1) is 12.7 Å². The van der Waals surface area contributed by atoms with E-state index in [0.29, 0.717) is 5.92 Å². The van der Waals surface area contributed by atoms with Crippen molar-refractivity contribution in [3.05, 3.63) is 0 Å². The third-order valence-corrected chi connectivity index (χ3v) is 3.00. The standard InChI is InChI=1S/C10H21NO2/c1-4-6-8-7-13-9(5-2)10(8,11)12-3/h8-9H,4-7,11H2,1-3H3/t8?,9-,10-/m1/s1. The minimum absolute atomic E-state index is 0.0639. The Kier molecular flexibility index (Phi) is 3.71. The lowest BCUT2D eigenvalue weighted by atomic mass is 9.90. The van der Waals surface area contributed by atoms with Gasteiger partial charge >= 0.3 is 0 Å². The predicted octanol–water partition coefficient (Wildman–Crippen LogP) is 1.51. The molecule has 1 fully saturated rings. The van der Waals surface area contributed by atoms with Crippen molar-refractivity contribution in [3.8, 4) is 0 Å². The first-order chi connectivity index (χ1) is 6.19. The van der Waals surface area contributed by atoms with Crippen LogP contribution in [0.3, 0.4) is 0 Å². The molecular weight excluding hydrogens is 166 g/mol. The van der Waals surface area contributed by atoms with Crippen LogP contribution in [0.1, 0.15) is 33.1 Å². The van der Waals surface area contributed by atoms with E-state index in [1.807, 2.05) is 0 Å². The van der Waals surface area contributed by atoms with Crippen LogP contribution in [0.5, 0.6) is 0 Å². The molecule has 1 heterocycles. The van der Waals surface area contributed by atoms with Crippen molar-refractivity contribution in [1.29, 1.82) is 0 Å². The predicted molar refractivity (Wildman–Crippen MR) is 52.4 cm³/mol. The van der Waals surface area contributed by atoms with Gasteiger partial charge in [-0.2, -0.15) is 0 Å². The molecule has 1 aliphatic heterocycles. The maximum absolute atomic E-state index is 6.20. The van der Waals surface area contributed by atoms with Gasteiger partial charge in [0.2, 0.25) is 0 Å². The third-order valence-electron chi connectivity index (χ3n) is 3.00. The van der Waals surface area contributed by atoms with E-state index in [0.717, 1.165) is 25.9 Å². The molecule has 78 valence electrons. The lowest BCUT2D eigenvalue weighted by Gasteiger charge is -2.32. The SMILES string of the molecule is CCCC1CO[C@H](CC)[C@]1(N)OC. The van der Waals surface area contributed by atoms with Crippen molar-refractivity contribution in [3.63, 3.8) is 0 Å². The molecule has 1 aliphatic rings. The molecule has 3 heteroatoms. The van der Waals surface area contributed by atoms with Crippen molar-refractivity contribution in [2.75, 3.05) is 13.7 Å². The monoisotopic (exact) mass is 187 g/mol. The van der Waals surface area contributed by atoms with Gasteiger partial charge in [-0.25, -0.2) is 0 Å². The molecule has 1 saturated heterocycles. The first-order valence-electron chi connectivity index (χ1n) is 5.14. The van der Waals surface area contributed by atoms with Gasteiger partial charge in [0.15, 0.2) is 0 Å². The summed E-state index contributed by atoms with van der Waals surface area (Å²) in [6.07, 6.45) is 3.20. The molecule has 0 radical (unpaired) electrons. The number of rotatable bonds is 4. The largest absolute Gasteiger partial charge is 0.373 e. The molecule has 13 heavy (non-hydrogen) atoms. The Balaban J connectivity index is 2.67. The molecule has 0 saturated carbocycles. The highest BCUT2D eigenvalue weighted by Crippen LogP contribution is 2.34. The van der Waals surface area contributed by atoms with E-state index in [2.05, 4.69) is 13.8 Å². The van der Waals surface area contributed by atoms with Crippen LogP contribution < -0.4 is 5.73 Å². The summed E-state index contributed by atoms with van der Waals surface area (Å²) in [6.45, 7) is 4.99. The summed E-state index contributed by atoms with van der Waals surface area (Å²) in [5, 5.41) is 0. The Bertz CT molecular complexity index is 163. The fourth-order valence-corrected chi connectivity index (χ4v) is 2.15. The van der Waals surface area contributed by atoms with E-state index in [-0.39, 0.29) is 6.10 Å². The molecule has 1 unspecified atom stereocenters. The molecule has 0 amide bonds. The second-order valence-electron chi connectivity index (χ2n) is 3.77. The van der Waals surface area contributed by atoms with E-state index >= 15 is 0 Å². The average Bonchev–Trinajstić information content (AvgIpc) is 2.45. The topological polar surface area (TPSA) is 44.5 Å². The Morgan fingerprint density at radius 2 is 2.23 bits per heavy atom. The van der Waals surface area contributed by atoms with Gasteiger partial charge < -0.3 is 15.2 Å². The maximum Gasteiger partial charge on any atom is 0.147 e. The molecule has 2 N–H and O–H groups in total. The van der Waals surface area contributed by atoms with Crippen molar-refractivity contribution in [2.45, 2.75) is 44.9 Å². The summed E-state index contributed by atoms with van der Waals surface area (Å²) in [7, 11) is 1.68. The summed E-state index contributed by atoms with van der Waals surface area (Å²) in [5.74, 6) is 0.354. The van der Waals surface area contributed by atoms with Crippen molar-refractivity contribution < 1.29 is 9.47 Å². The van der Waals surface area contributed by atoms with Crippen LogP contribution in [0.15, 0.2) is 0 Å². The molecule has 1 rings (SSSR count). The van der Waals surface area contributed by atoms with Crippen molar-refractivity contribution in [1.82, 2.24) is 0 Å². The summed E-state index contributed by atoms with van der Waals surface area (Å²) in [5.41, 5.74) is 5.65. The third kappa shape index (κ3) is 1.87. The van der Waals surface area contributed by atoms with Gasteiger partial charge in [0.25, 0.3) is 0 Å². The Hall–Kier alpha value is -0.120. The number of hydrogen-bond donors (Lipinski definition) is 1. The van der Waals surface area contributed by atoms with E-state index in [9.17, 15) is 0 Å². The molecular formula is C10H21NO2. The van der Waals surface area contributed by atoms with Gasteiger partial charge in [-0.3, -0.25) is 0 Å². The highest BCUT2D eigenvalue weighted by atomic mass is 16.6. The van der Waals surface area contributed by atoms with Gasteiger partial charge in [-0.1, -0.05) is 20.3 Å². The smallest absolute Gasteiger partial charge is 0.147 e. The van der Waals surface area contributed by atoms with Crippen molar-refractivity contribution in [2.24, 2.45) is 11.7 Å². The minimum atomic E-state index is -0.551. The average molecular weight is 187 g/mol. The van der Waals surface area contributed by atoms with E-state index < -0.39 is 5.72 Å². The summed E-state index contributed by atoms with van der Waals surface area (Å²) in [4.78, 5) is 0. The van der Waals surface area contributed by atoms with Crippen LogP contribution in [0, 0.1) is 5.92 Å². The van der Waals surface area contributed by atoms with E-state index in [1.165, 1.54) is 0 Å². The van der Waals surface area contributed by atoms with Crippen LogP contribution in [-0.2, 0) is 9.47 Å². The fraction of sp³-hybridized carbons (Fsp3) is 1.00. The van der Waals surface area contributed by atoms with Gasteiger partial charge in [-0.05, 0) is 12.8 Å². The van der Waals surface area contributed by atoms with E-state index in [4.69, 9.17) is 15.2 Å². The molecule has 0 spiro atoms. The van der Waals surface area contributed by atoms with Crippen LogP contribution >= 0.6 is 0 Å². The van der Waals surface area contributed by atoms with Crippen LogP contribution in [0.25, 0.3) is 0 Å². The first-order valence-corrected chi connectivity index (χ1v) is 5.14. The summed E-state index contributed by atoms with van der Waals surface area (Å²) >= 11 is 0. The highest BCUT2D eigenvalue weighted by molar-refractivity contribution is 4.94. The summed E-state index contributed by atoms with van der Waals surface area (Å²) in [6, 6.07) is 0. The molecule has 0 aliphatic carbocycles. The van der Waals surface area contributed by atoms with Crippen molar-refractivity contribution >= 4 is 0 Å². The normalized spacial score (nSPS) is 39.7.